The van der Waals surface area contributed by atoms with Crippen molar-refractivity contribution in [3.63, 3.8) is 0 Å². The summed E-state index contributed by atoms with van der Waals surface area (Å²) in [6.07, 6.45) is 0. The van der Waals surface area contributed by atoms with Crippen LogP contribution in [0.5, 0.6) is 0 Å². The largest absolute Gasteiger partial charge is 0.465 e. The van der Waals surface area contributed by atoms with Crippen LogP contribution in [0.3, 0.4) is 0 Å². The minimum absolute atomic E-state index is 0.342. The molecule has 0 bridgehead atoms. The molecule has 34 heavy (non-hydrogen) atoms. The van der Waals surface area contributed by atoms with Gasteiger partial charge in [-0.25, -0.2) is 9.78 Å². The molecule has 0 aliphatic carbocycles. The molecule has 6 nitrogen and oxygen atoms in total. The Morgan fingerprint density at radius 1 is 0.941 bits per heavy atom. The van der Waals surface area contributed by atoms with Crippen LogP contribution in [-0.2, 0) is 9.47 Å². The molecule has 0 spiro atoms. The molecule has 4 aromatic rings. The highest BCUT2D eigenvalue weighted by Crippen LogP contribution is 2.33. The van der Waals surface area contributed by atoms with Gasteiger partial charge in [0, 0.05) is 36.8 Å². The average Bonchev–Trinajstić information content (AvgIpc) is 2.92. The van der Waals surface area contributed by atoms with Gasteiger partial charge >= 0.3 is 5.97 Å². The first-order valence-electron chi connectivity index (χ1n) is 11.4. The summed E-state index contributed by atoms with van der Waals surface area (Å²) in [5.74, 6) is 0.498. The number of benzene rings is 3. The van der Waals surface area contributed by atoms with Gasteiger partial charge in [0.1, 0.15) is 5.82 Å². The molecule has 5 rings (SSSR count). The Labute approximate surface area is 199 Å². The van der Waals surface area contributed by atoms with Crippen molar-refractivity contribution < 1.29 is 14.3 Å². The number of fused-ring (bicyclic) bond motifs is 1. The molecule has 0 saturated carbocycles. The fourth-order valence-electron chi connectivity index (χ4n) is 4.38. The molecular weight excluding hydrogens is 426 g/mol. The lowest BCUT2D eigenvalue weighted by Crippen LogP contribution is -2.36. The molecule has 3 aromatic carbocycles. The van der Waals surface area contributed by atoms with Gasteiger partial charge in [0.25, 0.3) is 0 Å². The molecule has 1 fully saturated rings. The maximum Gasteiger partial charge on any atom is 0.337 e. The number of methoxy groups -OCH3 is 1. The van der Waals surface area contributed by atoms with Crippen molar-refractivity contribution in [2.45, 2.75) is 0 Å². The Kier molecular flexibility index (Phi) is 6.14. The topological polar surface area (TPSA) is 63.7 Å². The summed E-state index contributed by atoms with van der Waals surface area (Å²) in [5.41, 5.74) is 6.78. The Morgan fingerprint density at radius 3 is 2.41 bits per heavy atom. The van der Waals surface area contributed by atoms with Crippen molar-refractivity contribution >= 4 is 28.4 Å². The van der Waals surface area contributed by atoms with E-state index in [1.807, 2.05) is 37.4 Å². The first-order chi connectivity index (χ1) is 16.7. The Hall–Kier alpha value is -3.90. The summed E-state index contributed by atoms with van der Waals surface area (Å²) in [6.45, 7) is 3.37. The molecule has 0 unspecified atom stereocenters. The molecule has 172 valence electrons. The van der Waals surface area contributed by atoms with Gasteiger partial charge < -0.3 is 19.7 Å². The van der Waals surface area contributed by atoms with Gasteiger partial charge in [-0.3, -0.25) is 0 Å². The van der Waals surface area contributed by atoms with Crippen molar-refractivity contribution in [3.8, 4) is 22.3 Å². The van der Waals surface area contributed by atoms with Crippen LogP contribution < -0.4 is 10.2 Å². The second kappa shape index (κ2) is 9.53. The fourth-order valence-corrected chi connectivity index (χ4v) is 4.38. The number of pyridine rings is 1. The molecule has 1 aromatic heterocycles. The second-order valence-electron chi connectivity index (χ2n) is 8.26. The van der Waals surface area contributed by atoms with Crippen LogP contribution >= 0.6 is 0 Å². The molecular formula is C28H27N3O3. The van der Waals surface area contributed by atoms with E-state index in [0.29, 0.717) is 5.56 Å². The van der Waals surface area contributed by atoms with Gasteiger partial charge in [0.15, 0.2) is 0 Å². The highest BCUT2D eigenvalue weighted by atomic mass is 16.5. The second-order valence-corrected chi connectivity index (χ2v) is 8.26. The van der Waals surface area contributed by atoms with Crippen LogP contribution in [0.4, 0.5) is 11.5 Å². The van der Waals surface area contributed by atoms with Crippen LogP contribution in [0, 0.1) is 0 Å². The summed E-state index contributed by atoms with van der Waals surface area (Å²) in [6, 6.07) is 24.4. The smallest absolute Gasteiger partial charge is 0.337 e. The zero-order valence-electron chi connectivity index (χ0n) is 19.4. The first-order valence-corrected chi connectivity index (χ1v) is 11.4. The molecule has 1 saturated heterocycles. The Morgan fingerprint density at radius 2 is 1.68 bits per heavy atom. The fraction of sp³-hybridized carbons (Fsp3) is 0.214. The van der Waals surface area contributed by atoms with Crippen LogP contribution in [0.1, 0.15) is 10.4 Å². The highest BCUT2D eigenvalue weighted by Gasteiger charge is 2.14. The quantitative estimate of drug-likeness (QED) is 0.417. The van der Waals surface area contributed by atoms with Gasteiger partial charge in [-0.05, 0) is 59.2 Å². The molecule has 0 radical (unpaired) electrons. The van der Waals surface area contributed by atoms with E-state index in [4.69, 9.17) is 14.5 Å². The monoisotopic (exact) mass is 453 g/mol. The van der Waals surface area contributed by atoms with E-state index in [-0.39, 0.29) is 5.97 Å². The van der Waals surface area contributed by atoms with Crippen molar-refractivity contribution in [2.75, 3.05) is 50.7 Å². The number of hydrogen-bond acceptors (Lipinski definition) is 6. The molecule has 1 aliphatic rings. The number of nitrogens with one attached hydrogen (secondary N) is 1. The maximum absolute atomic E-state index is 12.0. The van der Waals surface area contributed by atoms with Crippen LogP contribution in [-0.4, -0.2) is 51.4 Å². The van der Waals surface area contributed by atoms with E-state index in [9.17, 15) is 4.79 Å². The summed E-state index contributed by atoms with van der Waals surface area (Å²) in [7, 11) is 3.29. The molecule has 0 atom stereocenters. The standard InChI is InChI=1S/C28H27N3O3/c1-29-27-25(19-6-9-24(10-7-19)31-12-14-34-15-13-31)18-23-17-21(8-11-26(23)30-27)20-4-3-5-22(16-20)28(32)33-2/h3-11,16-18H,12-15H2,1-2H3,(H,29,30). The number of rotatable bonds is 5. The number of nitrogens with zero attached hydrogens (tertiary/aromatic N) is 2. The van der Waals surface area contributed by atoms with Crippen molar-refractivity contribution in [1.82, 2.24) is 4.98 Å². The van der Waals surface area contributed by atoms with Gasteiger partial charge in [-0.15, -0.1) is 0 Å². The average molecular weight is 454 g/mol. The lowest BCUT2D eigenvalue weighted by Gasteiger charge is -2.29. The predicted molar refractivity (Wildman–Crippen MR) is 137 cm³/mol. The predicted octanol–water partition coefficient (Wildman–Crippen LogP) is 5.23. The first kappa shape index (κ1) is 21.9. The lowest BCUT2D eigenvalue weighted by molar-refractivity contribution is 0.0601. The van der Waals surface area contributed by atoms with Gasteiger partial charge in [-0.1, -0.05) is 30.3 Å². The maximum atomic E-state index is 12.0. The highest BCUT2D eigenvalue weighted by molar-refractivity contribution is 5.94. The number of carbonyl (C=O) groups is 1. The van der Waals surface area contributed by atoms with Crippen LogP contribution in [0.25, 0.3) is 33.2 Å². The number of anilines is 2. The van der Waals surface area contributed by atoms with Gasteiger partial charge in [0.2, 0.25) is 0 Å². The van der Waals surface area contributed by atoms with Crippen LogP contribution in [0.15, 0.2) is 72.8 Å². The van der Waals surface area contributed by atoms with Gasteiger partial charge in [-0.2, -0.15) is 0 Å². The Bertz CT molecular complexity index is 1330. The SMILES string of the molecule is CNc1nc2ccc(-c3cccc(C(=O)OC)c3)cc2cc1-c1ccc(N2CCOCC2)cc1. The third kappa shape index (κ3) is 4.32. The van der Waals surface area contributed by atoms with E-state index >= 15 is 0 Å². The number of aromatic nitrogens is 1. The summed E-state index contributed by atoms with van der Waals surface area (Å²) in [4.78, 5) is 19.2. The normalized spacial score (nSPS) is 13.6. The summed E-state index contributed by atoms with van der Waals surface area (Å²) in [5, 5.41) is 4.28. The summed E-state index contributed by atoms with van der Waals surface area (Å²) >= 11 is 0. The third-order valence-electron chi connectivity index (χ3n) is 6.22. The zero-order chi connectivity index (χ0) is 23.5. The van der Waals surface area contributed by atoms with E-state index in [1.54, 1.807) is 6.07 Å². The van der Waals surface area contributed by atoms with E-state index in [1.165, 1.54) is 12.8 Å². The number of ether oxygens (including phenoxy) is 2. The molecule has 0 amide bonds. The minimum Gasteiger partial charge on any atom is -0.465 e. The van der Waals surface area contributed by atoms with E-state index in [2.05, 4.69) is 46.6 Å². The molecule has 1 aliphatic heterocycles. The summed E-state index contributed by atoms with van der Waals surface area (Å²) < 4.78 is 10.3. The molecule has 2 heterocycles. The number of esters is 1. The molecule has 6 heteroatoms. The van der Waals surface area contributed by atoms with E-state index < -0.39 is 0 Å². The number of morpholine rings is 1. The lowest BCUT2D eigenvalue weighted by atomic mass is 9.99. The number of hydrogen-bond donors (Lipinski definition) is 1. The van der Waals surface area contributed by atoms with Crippen molar-refractivity contribution in [3.05, 3.63) is 78.4 Å². The number of carbonyl (C=O) groups excluding carboxylic acids is 1. The third-order valence-corrected chi connectivity index (χ3v) is 6.22. The zero-order valence-corrected chi connectivity index (χ0v) is 19.4. The minimum atomic E-state index is -0.342. The van der Waals surface area contributed by atoms with Crippen LogP contribution in [0.2, 0.25) is 0 Å². The van der Waals surface area contributed by atoms with Crippen molar-refractivity contribution in [2.24, 2.45) is 0 Å². The van der Waals surface area contributed by atoms with Gasteiger partial charge in [0.05, 0.1) is 31.4 Å². The molecule has 1 N–H and O–H groups in total. The van der Waals surface area contributed by atoms with Crippen molar-refractivity contribution in [1.29, 1.82) is 0 Å². The van der Waals surface area contributed by atoms with E-state index in [0.717, 1.165) is 65.3 Å². The Balaban J connectivity index is 1.52.